The number of quaternary nitrogens is 1. The van der Waals surface area contributed by atoms with Crippen LogP contribution in [0.3, 0.4) is 0 Å². The van der Waals surface area contributed by atoms with Crippen molar-refractivity contribution in [1.82, 2.24) is 0 Å². The van der Waals surface area contributed by atoms with Crippen molar-refractivity contribution in [1.29, 1.82) is 0 Å². The zero-order chi connectivity index (χ0) is 14.4. The van der Waals surface area contributed by atoms with Gasteiger partial charge in [0.05, 0.1) is 0 Å². The van der Waals surface area contributed by atoms with E-state index >= 15 is 0 Å². The summed E-state index contributed by atoms with van der Waals surface area (Å²) >= 11 is 0. The minimum absolute atomic E-state index is 0.0434. The molecule has 0 saturated heterocycles. The Morgan fingerprint density at radius 1 is 1.05 bits per heavy atom. The van der Waals surface area contributed by atoms with Crippen molar-refractivity contribution in [3.63, 3.8) is 0 Å². The first-order chi connectivity index (χ1) is 9.69. The number of carbonyl (C=O) groups is 1. The fourth-order valence-electron chi connectivity index (χ4n) is 2.06. The molecule has 20 heavy (non-hydrogen) atoms. The Morgan fingerprint density at radius 3 is 2.30 bits per heavy atom. The molecule has 0 aliphatic rings. The Bertz CT molecular complexity index is 549. The molecular weight excluding hydrogens is 248 g/mol. The first-order valence-electron chi connectivity index (χ1n) is 6.96. The van der Waals surface area contributed by atoms with Gasteiger partial charge in [-0.15, -0.1) is 0 Å². The normalized spacial score (nSPS) is 11.9. The van der Waals surface area contributed by atoms with E-state index in [9.17, 15) is 4.79 Å². The maximum atomic E-state index is 12.1. The van der Waals surface area contributed by atoms with E-state index in [1.54, 1.807) is 0 Å². The number of carbonyl (C=O) groups excluding carboxylic acids is 1. The van der Waals surface area contributed by atoms with Gasteiger partial charge in [-0.1, -0.05) is 49.4 Å². The van der Waals surface area contributed by atoms with Gasteiger partial charge in [-0.2, -0.15) is 0 Å². The molecule has 0 aliphatic heterocycles. The van der Waals surface area contributed by atoms with Gasteiger partial charge in [0.25, 0.3) is 5.91 Å². The number of hydrogen-bond donors (Lipinski definition) is 2. The molecule has 0 bridgehead atoms. The number of aryl methyl sites for hydroxylation is 1. The summed E-state index contributed by atoms with van der Waals surface area (Å²) in [5.74, 6) is -0.0434. The molecule has 0 fully saturated rings. The molecule has 2 aromatic rings. The Balaban J connectivity index is 1.93. The average Bonchev–Trinajstić information content (AvgIpc) is 2.49. The molecule has 0 radical (unpaired) electrons. The van der Waals surface area contributed by atoms with Crippen molar-refractivity contribution in [2.75, 3.05) is 5.32 Å². The number of amides is 1. The van der Waals surface area contributed by atoms with E-state index in [0.29, 0.717) is 6.42 Å². The molecule has 0 aliphatic carbocycles. The summed E-state index contributed by atoms with van der Waals surface area (Å²) in [7, 11) is 0. The summed E-state index contributed by atoms with van der Waals surface area (Å²) in [5, 5.41) is 2.91. The zero-order valence-electron chi connectivity index (χ0n) is 11.8. The lowest BCUT2D eigenvalue weighted by Crippen LogP contribution is -2.67. The highest BCUT2D eigenvalue weighted by atomic mass is 16.2. The van der Waals surface area contributed by atoms with Crippen LogP contribution in [-0.4, -0.2) is 11.9 Å². The fourth-order valence-corrected chi connectivity index (χ4v) is 2.06. The molecule has 1 amide bonds. The lowest BCUT2D eigenvalue weighted by Gasteiger charge is -2.10. The van der Waals surface area contributed by atoms with E-state index in [1.165, 1.54) is 5.56 Å². The molecule has 4 N–H and O–H groups in total. The van der Waals surface area contributed by atoms with Gasteiger partial charge >= 0.3 is 0 Å². The van der Waals surface area contributed by atoms with Crippen LogP contribution in [-0.2, 0) is 17.6 Å². The van der Waals surface area contributed by atoms with Gasteiger partial charge in [0, 0.05) is 12.1 Å². The summed E-state index contributed by atoms with van der Waals surface area (Å²) in [6.07, 6.45) is 1.65. The van der Waals surface area contributed by atoms with Crippen molar-refractivity contribution >= 4 is 11.6 Å². The van der Waals surface area contributed by atoms with Crippen molar-refractivity contribution in [2.24, 2.45) is 0 Å². The highest BCUT2D eigenvalue weighted by molar-refractivity contribution is 5.93. The van der Waals surface area contributed by atoms with Crippen molar-refractivity contribution in [3.8, 4) is 0 Å². The third-order valence-corrected chi connectivity index (χ3v) is 3.33. The van der Waals surface area contributed by atoms with Crippen LogP contribution in [0.15, 0.2) is 54.6 Å². The summed E-state index contributed by atoms with van der Waals surface area (Å²) in [6.45, 7) is 2.11. The Kier molecular flexibility index (Phi) is 4.91. The van der Waals surface area contributed by atoms with Gasteiger partial charge in [0.15, 0.2) is 6.04 Å². The summed E-state index contributed by atoms with van der Waals surface area (Å²) in [5.41, 5.74) is 7.17. The van der Waals surface area contributed by atoms with Crippen LogP contribution in [0.1, 0.15) is 18.1 Å². The molecule has 2 aromatic carbocycles. The molecule has 0 spiro atoms. The Morgan fingerprint density at radius 2 is 1.70 bits per heavy atom. The highest BCUT2D eigenvalue weighted by Gasteiger charge is 2.17. The number of benzene rings is 2. The fraction of sp³-hybridized carbons (Fsp3) is 0.235. The van der Waals surface area contributed by atoms with Crippen LogP contribution in [0.25, 0.3) is 0 Å². The van der Waals surface area contributed by atoms with Crippen molar-refractivity contribution < 1.29 is 10.5 Å². The monoisotopic (exact) mass is 269 g/mol. The maximum absolute atomic E-state index is 12.1. The standard InChI is InChI=1S/C17H20N2O/c1-2-13-8-10-15(11-9-13)19-17(20)16(18)12-14-6-4-3-5-7-14/h3-11,16H,2,12,18H2,1H3,(H,19,20)/p+1/t16-/m0/s1. The van der Waals surface area contributed by atoms with E-state index in [1.807, 2.05) is 54.6 Å². The quantitative estimate of drug-likeness (QED) is 0.857. The zero-order valence-corrected chi connectivity index (χ0v) is 11.8. The third-order valence-electron chi connectivity index (χ3n) is 3.33. The van der Waals surface area contributed by atoms with Gasteiger partial charge in [-0.25, -0.2) is 0 Å². The predicted octanol–water partition coefficient (Wildman–Crippen LogP) is 2.04. The second-order valence-corrected chi connectivity index (χ2v) is 4.93. The topological polar surface area (TPSA) is 56.7 Å². The first kappa shape index (κ1) is 14.3. The molecule has 0 unspecified atom stereocenters. The molecule has 3 heteroatoms. The Hall–Kier alpha value is -2.13. The van der Waals surface area contributed by atoms with Crippen LogP contribution in [0, 0.1) is 0 Å². The minimum atomic E-state index is -0.289. The lowest BCUT2D eigenvalue weighted by molar-refractivity contribution is -0.402. The second-order valence-electron chi connectivity index (χ2n) is 4.93. The average molecular weight is 269 g/mol. The molecule has 0 saturated carbocycles. The number of anilines is 1. The van der Waals surface area contributed by atoms with E-state index in [0.717, 1.165) is 17.7 Å². The molecule has 2 rings (SSSR count). The van der Waals surface area contributed by atoms with E-state index in [-0.39, 0.29) is 11.9 Å². The van der Waals surface area contributed by atoms with Gasteiger partial charge in [-0.05, 0) is 29.7 Å². The van der Waals surface area contributed by atoms with Gasteiger partial charge < -0.3 is 11.1 Å². The van der Waals surface area contributed by atoms with Gasteiger partial charge in [0.2, 0.25) is 0 Å². The van der Waals surface area contributed by atoms with Crippen LogP contribution in [0.5, 0.6) is 0 Å². The third kappa shape index (κ3) is 3.93. The number of hydrogen-bond acceptors (Lipinski definition) is 1. The van der Waals surface area contributed by atoms with Crippen LogP contribution < -0.4 is 11.1 Å². The van der Waals surface area contributed by atoms with Crippen LogP contribution in [0.4, 0.5) is 5.69 Å². The minimum Gasteiger partial charge on any atom is -0.347 e. The SMILES string of the molecule is CCc1ccc(NC(=O)[C@@H]([NH3+])Cc2ccccc2)cc1. The first-order valence-corrected chi connectivity index (χ1v) is 6.96. The van der Waals surface area contributed by atoms with Crippen molar-refractivity contribution in [3.05, 3.63) is 65.7 Å². The smallest absolute Gasteiger partial charge is 0.282 e. The summed E-state index contributed by atoms with van der Waals surface area (Å²) < 4.78 is 0. The van der Waals surface area contributed by atoms with E-state index in [4.69, 9.17) is 0 Å². The molecular formula is C17H21N2O+. The van der Waals surface area contributed by atoms with Crippen LogP contribution in [0.2, 0.25) is 0 Å². The van der Waals surface area contributed by atoms with E-state index in [2.05, 4.69) is 18.0 Å². The highest BCUT2D eigenvalue weighted by Crippen LogP contribution is 2.10. The van der Waals surface area contributed by atoms with Crippen molar-refractivity contribution in [2.45, 2.75) is 25.8 Å². The molecule has 1 atom stereocenters. The molecule has 3 nitrogen and oxygen atoms in total. The summed E-state index contributed by atoms with van der Waals surface area (Å²) in [4.78, 5) is 12.1. The largest absolute Gasteiger partial charge is 0.347 e. The number of nitrogens with one attached hydrogen (secondary N) is 1. The maximum Gasteiger partial charge on any atom is 0.282 e. The lowest BCUT2D eigenvalue weighted by atomic mass is 10.1. The van der Waals surface area contributed by atoms with Gasteiger partial charge in [0.1, 0.15) is 0 Å². The van der Waals surface area contributed by atoms with E-state index < -0.39 is 0 Å². The Labute approximate surface area is 119 Å². The molecule has 0 heterocycles. The molecule has 0 aromatic heterocycles. The molecule has 104 valence electrons. The summed E-state index contributed by atoms with van der Waals surface area (Å²) in [6, 6.07) is 17.6. The predicted molar refractivity (Wildman–Crippen MR) is 81.3 cm³/mol. The second kappa shape index (κ2) is 6.87. The van der Waals surface area contributed by atoms with Gasteiger partial charge in [-0.3, -0.25) is 4.79 Å². The van der Waals surface area contributed by atoms with Crippen LogP contribution >= 0.6 is 0 Å². The number of rotatable bonds is 5.